The number of nitrogens with two attached hydrogens (primary N) is 1. The van der Waals surface area contributed by atoms with Crippen LogP contribution in [0.4, 0.5) is 0 Å². The molecule has 1 aliphatic heterocycles. The van der Waals surface area contributed by atoms with Gasteiger partial charge in [-0.05, 0) is 43.9 Å². The van der Waals surface area contributed by atoms with Crippen molar-refractivity contribution >= 4 is 5.91 Å². The number of rotatable bonds is 5. The summed E-state index contributed by atoms with van der Waals surface area (Å²) in [6, 6.07) is 8.63. The van der Waals surface area contributed by atoms with Gasteiger partial charge in [0.15, 0.2) is 0 Å². The summed E-state index contributed by atoms with van der Waals surface area (Å²) in [5.74, 6) is 0.336. The lowest BCUT2D eigenvalue weighted by Crippen LogP contribution is -2.48. The van der Waals surface area contributed by atoms with Gasteiger partial charge in [-0.3, -0.25) is 4.79 Å². The number of benzene rings is 1. The smallest absolute Gasteiger partial charge is 0.225 e. The van der Waals surface area contributed by atoms with Crippen molar-refractivity contribution in [2.24, 2.45) is 11.7 Å². The lowest BCUT2D eigenvalue weighted by Gasteiger charge is -2.34. The molecule has 0 bridgehead atoms. The second-order valence-corrected chi connectivity index (χ2v) is 7.59. The number of hydrogen-bond donors (Lipinski definition) is 1. The molecule has 0 spiro atoms. The molecular formula is C19H29N3O. The van der Waals surface area contributed by atoms with Crippen LogP contribution in [0.25, 0.3) is 0 Å². The highest BCUT2D eigenvalue weighted by atomic mass is 16.2. The van der Waals surface area contributed by atoms with E-state index in [-0.39, 0.29) is 11.5 Å². The van der Waals surface area contributed by atoms with Gasteiger partial charge in [-0.15, -0.1) is 0 Å². The van der Waals surface area contributed by atoms with E-state index in [4.69, 9.17) is 5.73 Å². The van der Waals surface area contributed by atoms with Gasteiger partial charge < -0.3 is 15.5 Å². The van der Waals surface area contributed by atoms with Gasteiger partial charge in [0.1, 0.15) is 0 Å². The first kappa shape index (κ1) is 16.5. The topological polar surface area (TPSA) is 49.6 Å². The molecule has 1 atom stereocenters. The summed E-state index contributed by atoms with van der Waals surface area (Å²) in [5.41, 5.74) is 8.82. The first-order valence-electron chi connectivity index (χ1n) is 8.79. The standard InChI is InChI=1S/C19H29N3O/c1-15(18(23)22-10-8-21(2)9-11-22)12-16-4-3-5-17(13-16)14-19(20)6-7-19/h3-5,13,15H,6-12,14,20H2,1-2H3. The van der Waals surface area contributed by atoms with Crippen LogP contribution in [0.2, 0.25) is 0 Å². The Kier molecular flexibility index (Phi) is 4.74. The third-order valence-electron chi connectivity index (χ3n) is 5.22. The van der Waals surface area contributed by atoms with Crippen molar-refractivity contribution in [3.63, 3.8) is 0 Å². The first-order valence-corrected chi connectivity index (χ1v) is 8.79. The summed E-state index contributed by atoms with van der Waals surface area (Å²) in [7, 11) is 2.11. The molecule has 3 rings (SSSR count). The van der Waals surface area contributed by atoms with E-state index in [0.717, 1.165) is 51.9 Å². The van der Waals surface area contributed by atoms with E-state index in [1.807, 2.05) is 4.90 Å². The zero-order valence-corrected chi connectivity index (χ0v) is 14.4. The Morgan fingerprint density at radius 3 is 2.52 bits per heavy atom. The molecule has 1 amide bonds. The first-order chi connectivity index (χ1) is 11.0. The van der Waals surface area contributed by atoms with Gasteiger partial charge >= 0.3 is 0 Å². The average Bonchev–Trinajstić information content (AvgIpc) is 3.24. The Balaban J connectivity index is 1.57. The van der Waals surface area contributed by atoms with Crippen molar-refractivity contribution in [1.29, 1.82) is 0 Å². The SMILES string of the molecule is CC(Cc1cccc(CC2(N)CC2)c1)C(=O)N1CCN(C)CC1. The van der Waals surface area contributed by atoms with Gasteiger partial charge in [0, 0.05) is 37.6 Å². The molecule has 2 fully saturated rings. The molecule has 4 heteroatoms. The quantitative estimate of drug-likeness (QED) is 0.899. The van der Waals surface area contributed by atoms with E-state index in [0.29, 0.717) is 5.91 Å². The lowest BCUT2D eigenvalue weighted by atomic mass is 9.96. The van der Waals surface area contributed by atoms with E-state index in [1.54, 1.807) is 0 Å². The van der Waals surface area contributed by atoms with Crippen LogP contribution in [0, 0.1) is 5.92 Å². The highest BCUT2D eigenvalue weighted by Crippen LogP contribution is 2.35. The predicted molar refractivity (Wildman–Crippen MR) is 93.2 cm³/mol. The van der Waals surface area contributed by atoms with Gasteiger partial charge in [-0.2, -0.15) is 0 Å². The predicted octanol–water partition coefficient (Wildman–Crippen LogP) is 1.67. The summed E-state index contributed by atoms with van der Waals surface area (Å²) in [5, 5.41) is 0. The number of carbonyl (C=O) groups is 1. The Morgan fingerprint density at radius 1 is 1.22 bits per heavy atom. The van der Waals surface area contributed by atoms with E-state index in [2.05, 4.69) is 43.1 Å². The fraction of sp³-hybridized carbons (Fsp3) is 0.632. The van der Waals surface area contributed by atoms with Crippen LogP contribution >= 0.6 is 0 Å². The summed E-state index contributed by atoms with van der Waals surface area (Å²) >= 11 is 0. The lowest BCUT2D eigenvalue weighted by molar-refractivity contribution is -0.136. The Hall–Kier alpha value is -1.39. The maximum atomic E-state index is 12.6. The Bertz CT molecular complexity index is 559. The molecule has 2 aliphatic rings. The summed E-state index contributed by atoms with van der Waals surface area (Å²) in [4.78, 5) is 16.9. The van der Waals surface area contributed by atoms with Crippen molar-refractivity contribution in [2.75, 3.05) is 33.2 Å². The molecule has 0 aromatic heterocycles. The molecule has 126 valence electrons. The summed E-state index contributed by atoms with van der Waals surface area (Å²) < 4.78 is 0. The van der Waals surface area contributed by atoms with E-state index in [9.17, 15) is 4.79 Å². The molecule has 1 heterocycles. The van der Waals surface area contributed by atoms with E-state index < -0.39 is 0 Å². The minimum absolute atomic E-state index is 0.0416. The third kappa shape index (κ3) is 4.33. The molecule has 1 saturated carbocycles. The highest BCUT2D eigenvalue weighted by Gasteiger charge is 2.37. The van der Waals surface area contributed by atoms with Crippen molar-refractivity contribution in [2.45, 2.75) is 38.1 Å². The normalized spacial score (nSPS) is 22.0. The molecule has 4 nitrogen and oxygen atoms in total. The van der Waals surface area contributed by atoms with Gasteiger partial charge in [-0.25, -0.2) is 0 Å². The second-order valence-electron chi connectivity index (χ2n) is 7.59. The Labute approximate surface area is 139 Å². The molecule has 1 aromatic carbocycles. The fourth-order valence-electron chi connectivity index (χ4n) is 3.39. The summed E-state index contributed by atoms with van der Waals surface area (Å²) in [6.45, 7) is 5.72. The van der Waals surface area contributed by atoms with Crippen LogP contribution in [-0.2, 0) is 17.6 Å². The van der Waals surface area contributed by atoms with Gasteiger partial charge in [0.25, 0.3) is 0 Å². The zero-order valence-electron chi connectivity index (χ0n) is 14.4. The summed E-state index contributed by atoms with van der Waals surface area (Å²) in [6.07, 6.45) is 4.04. The number of likely N-dealkylation sites (N-methyl/N-ethyl adjacent to an activating group) is 1. The van der Waals surface area contributed by atoms with Crippen LogP contribution in [0.3, 0.4) is 0 Å². The second kappa shape index (κ2) is 6.62. The van der Waals surface area contributed by atoms with Crippen LogP contribution in [-0.4, -0.2) is 54.5 Å². The van der Waals surface area contributed by atoms with Crippen LogP contribution < -0.4 is 5.73 Å². The number of piperazine rings is 1. The largest absolute Gasteiger partial charge is 0.340 e. The molecule has 1 aromatic rings. The molecule has 1 saturated heterocycles. The van der Waals surface area contributed by atoms with Crippen LogP contribution in [0.5, 0.6) is 0 Å². The minimum atomic E-state index is 0.0416. The molecular weight excluding hydrogens is 286 g/mol. The highest BCUT2D eigenvalue weighted by molar-refractivity contribution is 5.79. The number of hydrogen-bond acceptors (Lipinski definition) is 3. The number of nitrogens with zero attached hydrogens (tertiary/aromatic N) is 2. The molecule has 23 heavy (non-hydrogen) atoms. The maximum Gasteiger partial charge on any atom is 0.225 e. The monoisotopic (exact) mass is 315 g/mol. The number of amides is 1. The van der Waals surface area contributed by atoms with Gasteiger partial charge in [-0.1, -0.05) is 31.2 Å². The molecule has 1 unspecified atom stereocenters. The zero-order chi connectivity index (χ0) is 16.4. The van der Waals surface area contributed by atoms with Gasteiger partial charge in [0.05, 0.1) is 0 Å². The van der Waals surface area contributed by atoms with Crippen LogP contribution in [0.15, 0.2) is 24.3 Å². The van der Waals surface area contributed by atoms with Crippen molar-refractivity contribution in [3.05, 3.63) is 35.4 Å². The maximum absolute atomic E-state index is 12.6. The molecule has 1 aliphatic carbocycles. The van der Waals surface area contributed by atoms with Gasteiger partial charge in [0.2, 0.25) is 5.91 Å². The van der Waals surface area contributed by atoms with E-state index >= 15 is 0 Å². The third-order valence-corrected chi connectivity index (χ3v) is 5.22. The number of carbonyl (C=O) groups excluding carboxylic acids is 1. The van der Waals surface area contributed by atoms with E-state index in [1.165, 1.54) is 11.1 Å². The van der Waals surface area contributed by atoms with Crippen molar-refractivity contribution in [1.82, 2.24) is 9.80 Å². The average molecular weight is 315 g/mol. The van der Waals surface area contributed by atoms with Crippen molar-refractivity contribution in [3.8, 4) is 0 Å². The molecule has 2 N–H and O–H groups in total. The molecule has 0 radical (unpaired) electrons. The minimum Gasteiger partial charge on any atom is -0.340 e. The van der Waals surface area contributed by atoms with Crippen LogP contribution in [0.1, 0.15) is 30.9 Å². The Morgan fingerprint density at radius 2 is 1.87 bits per heavy atom. The van der Waals surface area contributed by atoms with Crippen molar-refractivity contribution < 1.29 is 4.79 Å². The fourth-order valence-corrected chi connectivity index (χ4v) is 3.39.